The van der Waals surface area contributed by atoms with E-state index in [0.29, 0.717) is 11.8 Å². The van der Waals surface area contributed by atoms with Crippen molar-refractivity contribution in [2.45, 2.75) is 31.6 Å². The number of hydrogen-bond acceptors (Lipinski definition) is 2. The van der Waals surface area contributed by atoms with Gasteiger partial charge >= 0.3 is 0 Å². The predicted molar refractivity (Wildman–Crippen MR) is 110 cm³/mol. The van der Waals surface area contributed by atoms with Crippen molar-refractivity contribution in [3.63, 3.8) is 0 Å². The van der Waals surface area contributed by atoms with E-state index in [-0.39, 0.29) is 17.6 Å². The summed E-state index contributed by atoms with van der Waals surface area (Å²) < 4.78 is 13.4. The average Bonchev–Trinajstić information content (AvgIpc) is 3.14. The maximum Gasteiger partial charge on any atom is 0.223 e. The minimum absolute atomic E-state index is 0.0386. The Balaban J connectivity index is 1.49. The molecule has 2 heterocycles. The van der Waals surface area contributed by atoms with Crippen molar-refractivity contribution >= 4 is 5.91 Å². The number of carbonyl (C=O) groups excluding carboxylic acids is 1. The molecule has 4 heteroatoms. The largest absolute Gasteiger partial charge is 0.342 e. The monoisotopic (exact) mass is 380 g/mol. The Kier molecular flexibility index (Phi) is 5.49. The Morgan fingerprint density at radius 3 is 2.25 bits per heavy atom. The number of piperidine rings is 1. The summed E-state index contributed by atoms with van der Waals surface area (Å²) >= 11 is 0. The number of hydrogen-bond donors (Lipinski definition) is 0. The highest BCUT2D eigenvalue weighted by atomic mass is 19.1. The molecule has 2 fully saturated rings. The van der Waals surface area contributed by atoms with Crippen LogP contribution in [0.2, 0.25) is 0 Å². The van der Waals surface area contributed by atoms with Gasteiger partial charge in [-0.15, -0.1) is 0 Å². The summed E-state index contributed by atoms with van der Waals surface area (Å²) in [5.41, 5.74) is 2.42. The van der Waals surface area contributed by atoms with Crippen LogP contribution in [0.3, 0.4) is 0 Å². The number of halogens is 1. The van der Waals surface area contributed by atoms with Gasteiger partial charge in [0.2, 0.25) is 5.91 Å². The highest BCUT2D eigenvalue weighted by molar-refractivity contribution is 5.78. The highest BCUT2D eigenvalue weighted by Gasteiger charge is 2.41. The molecule has 4 rings (SSSR count). The minimum Gasteiger partial charge on any atom is -0.342 e. The lowest BCUT2D eigenvalue weighted by molar-refractivity contribution is -0.130. The molecular weight excluding hydrogens is 351 g/mol. The van der Waals surface area contributed by atoms with Gasteiger partial charge in [0.1, 0.15) is 5.82 Å². The molecule has 2 aromatic carbocycles. The molecule has 0 radical (unpaired) electrons. The lowest BCUT2D eigenvalue weighted by atomic mass is 9.78. The molecule has 148 valence electrons. The second kappa shape index (κ2) is 8.04. The molecule has 2 aliphatic rings. The molecule has 2 aromatic rings. The van der Waals surface area contributed by atoms with Crippen molar-refractivity contribution in [2.24, 2.45) is 5.41 Å². The molecule has 0 aliphatic carbocycles. The van der Waals surface area contributed by atoms with Gasteiger partial charge in [-0.1, -0.05) is 42.5 Å². The molecule has 0 unspecified atom stereocenters. The summed E-state index contributed by atoms with van der Waals surface area (Å²) in [5, 5.41) is 0. The zero-order chi connectivity index (χ0) is 19.6. The predicted octanol–water partition coefficient (Wildman–Crippen LogP) is 4.29. The third-order valence-corrected chi connectivity index (χ3v) is 6.69. The Hall–Kier alpha value is -2.20. The van der Waals surface area contributed by atoms with Gasteiger partial charge in [0.15, 0.2) is 0 Å². The van der Waals surface area contributed by atoms with Crippen molar-refractivity contribution in [1.29, 1.82) is 0 Å². The van der Waals surface area contributed by atoms with Crippen LogP contribution in [0.1, 0.15) is 42.7 Å². The maximum absolute atomic E-state index is 13.4. The quantitative estimate of drug-likeness (QED) is 0.790. The lowest BCUT2D eigenvalue weighted by Crippen LogP contribution is -2.40. The average molecular weight is 381 g/mol. The third-order valence-electron chi connectivity index (χ3n) is 6.69. The van der Waals surface area contributed by atoms with Crippen molar-refractivity contribution in [2.75, 3.05) is 33.2 Å². The number of rotatable bonds is 4. The normalized spacial score (nSPS) is 20.4. The van der Waals surface area contributed by atoms with Crippen LogP contribution in [0.5, 0.6) is 0 Å². The van der Waals surface area contributed by atoms with Crippen LogP contribution in [0.25, 0.3) is 0 Å². The Morgan fingerprint density at radius 2 is 1.57 bits per heavy atom. The van der Waals surface area contributed by atoms with Crippen LogP contribution < -0.4 is 0 Å². The fourth-order valence-electron chi connectivity index (χ4n) is 4.76. The van der Waals surface area contributed by atoms with Crippen molar-refractivity contribution in [3.8, 4) is 0 Å². The number of likely N-dealkylation sites (tertiary alicyclic amines) is 2. The van der Waals surface area contributed by atoms with Gasteiger partial charge in [-0.25, -0.2) is 4.39 Å². The second-order valence-corrected chi connectivity index (χ2v) is 8.59. The van der Waals surface area contributed by atoms with E-state index in [1.165, 1.54) is 25.0 Å². The van der Waals surface area contributed by atoms with Gasteiger partial charge < -0.3 is 9.80 Å². The first-order valence-corrected chi connectivity index (χ1v) is 10.3. The van der Waals surface area contributed by atoms with E-state index >= 15 is 0 Å². The molecule has 0 aromatic heterocycles. The molecule has 1 atom stereocenters. The van der Waals surface area contributed by atoms with E-state index < -0.39 is 0 Å². The summed E-state index contributed by atoms with van der Waals surface area (Å²) in [6, 6.07) is 16.7. The van der Waals surface area contributed by atoms with Gasteiger partial charge in [0.05, 0.1) is 0 Å². The molecule has 1 spiro atoms. The third kappa shape index (κ3) is 4.12. The van der Waals surface area contributed by atoms with E-state index in [4.69, 9.17) is 0 Å². The zero-order valence-electron chi connectivity index (χ0n) is 16.6. The molecule has 3 nitrogen and oxygen atoms in total. The SMILES string of the molecule is CN1CCC2(CC1)CCN(C(=O)C[C@@H](c1ccccc1)c1ccc(F)cc1)C2. The number of nitrogens with zero attached hydrogens (tertiary/aromatic N) is 2. The van der Waals surface area contributed by atoms with E-state index in [9.17, 15) is 9.18 Å². The summed E-state index contributed by atoms with van der Waals surface area (Å²) in [5.74, 6) is -0.0667. The molecule has 0 saturated carbocycles. The fraction of sp³-hybridized carbons (Fsp3) is 0.458. The fourth-order valence-corrected chi connectivity index (χ4v) is 4.76. The number of carbonyl (C=O) groups is 1. The Labute approximate surface area is 167 Å². The van der Waals surface area contributed by atoms with Crippen LogP contribution in [0.4, 0.5) is 4.39 Å². The topological polar surface area (TPSA) is 23.6 Å². The van der Waals surface area contributed by atoms with E-state index in [1.807, 2.05) is 30.3 Å². The van der Waals surface area contributed by atoms with Crippen LogP contribution in [0, 0.1) is 11.2 Å². The van der Waals surface area contributed by atoms with Gasteiger partial charge in [0, 0.05) is 25.4 Å². The molecule has 2 saturated heterocycles. The van der Waals surface area contributed by atoms with Crippen molar-refractivity contribution in [3.05, 3.63) is 71.5 Å². The highest BCUT2D eigenvalue weighted by Crippen LogP contribution is 2.41. The smallest absolute Gasteiger partial charge is 0.223 e. The van der Waals surface area contributed by atoms with E-state index in [0.717, 1.165) is 43.7 Å². The van der Waals surface area contributed by atoms with Gasteiger partial charge in [-0.3, -0.25) is 4.79 Å². The summed E-state index contributed by atoms with van der Waals surface area (Å²) in [6.45, 7) is 4.02. The molecule has 0 bridgehead atoms. The Morgan fingerprint density at radius 1 is 0.964 bits per heavy atom. The van der Waals surface area contributed by atoms with Crippen molar-refractivity contribution < 1.29 is 9.18 Å². The van der Waals surface area contributed by atoms with Gasteiger partial charge in [0.25, 0.3) is 0 Å². The van der Waals surface area contributed by atoms with Gasteiger partial charge in [-0.2, -0.15) is 0 Å². The summed E-state index contributed by atoms with van der Waals surface area (Å²) in [4.78, 5) is 17.7. The molecular formula is C24H29FN2O. The maximum atomic E-state index is 13.4. The minimum atomic E-state index is -0.245. The van der Waals surface area contributed by atoms with E-state index in [1.54, 1.807) is 0 Å². The molecule has 2 aliphatic heterocycles. The first-order valence-electron chi connectivity index (χ1n) is 10.3. The number of benzene rings is 2. The second-order valence-electron chi connectivity index (χ2n) is 8.59. The summed E-state index contributed by atoms with van der Waals surface area (Å²) in [6.07, 6.45) is 3.94. The van der Waals surface area contributed by atoms with Crippen LogP contribution in [0.15, 0.2) is 54.6 Å². The van der Waals surface area contributed by atoms with Crippen molar-refractivity contribution in [1.82, 2.24) is 9.80 Å². The van der Waals surface area contributed by atoms with Crippen LogP contribution >= 0.6 is 0 Å². The number of amides is 1. The van der Waals surface area contributed by atoms with Gasteiger partial charge in [-0.05, 0) is 68.1 Å². The standard InChI is InChI=1S/C24H29FN2O/c1-26-14-11-24(12-15-26)13-16-27(18-24)23(28)17-22(19-5-3-2-4-6-19)20-7-9-21(25)10-8-20/h2-10,22H,11-18H2,1H3/t22-/m0/s1. The van der Waals surface area contributed by atoms with Crippen LogP contribution in [-0.2, 0) is 4.79 Å². The molecule has 28 heavy (non-hydrogen) atoms. The lowest BCUT2D eigenvalue weighted by Gasteiger charge is -2.37. The van der Waals surface area contributed by atoms with Crippen LogP contribution in [-0.4, -0.2) is 48.9 Å². The first-order chi connectivity index (χ1) is 13.5. The zero-order valence-corrected chi connectivity index (χ0v) is 16.6. The Bertz CT molecular complexity index is 797. The van der Waals surface area contributed by atoms with E-state index in [2.05, 4.69) is 29.0 Å². The molecule has 0 N–H and O–H groups in total. The molecule has 1 amide bonds. The summed E-state index contributed by atoms with van der Waals surface area (Å²) in [7, 11) is 2.18. The first kappa shape index (κ1) is 19.1.